The van der Waals surface area contributed by atoms with Crippen LogP contribution in [0.2, 0.25) is 0 Å². The van der Waals surface area contributed by atoms with Crippen molar-refractivity contribution in [1.82, 2.24) is 15.1 Å². The lowest BCUT2D eigenvalue weighted by molar-refractivity contribution is -0.136. The van der Waals surface area contributed by atoms with Crippen molar-refractivity contribution in [3.8, 4) is 0 Å². The summed E-state index contributed by atoms with van der Waals surface area (Å²) >= 11 is 0. The molecule has 0 fully saturated rings. The maximum Gasteiger partial charge on any atom is 0.305 e. The number of hydrogen-bond acceptors (Lipinski definition) is 4. The molecule has 2 aromatic rings. The Hall–Kier alpha value is -3.16. The third-order valence-corrected chi connectivity index (χ3v) is 4.07. The number of aromatic nitrogens is 2. The van der Waals surface area contributed by atoms with Gasteiger partial charge in [0.25, 0.3) is 11.8 Å². The van der Waals surface area contributed by atoms with Gasteiger partial charge in [-0.3, -0.25) is 19.1 Å². The maximum atomic E-state index is 12.6. The minimum Gasteiger partial charge on any atom is -0.481 e. The number of aliphatic carboxylic acids is 1. The first kappa shape index (κ1) is 20.2. The number of carbonyl (C=O) groups excluding carboxylic acids is 2. The zero-order valence-corrected chi connectivity index (χ0v) is 15.7. The Balaban J connectivity index is 2.03. The van der Waals surface area contributed by atoms with Crippen molar-refractivity contribution in [2.45, 2.75) is 40.2 Å². The molecule has 3 N–H and O–H groups in total. The van der Waals surface area contributed by atoms with Gasteiger partial charge in [0.15, 0.2) is 0 Å². The first-order valence-corrected chi connectivity index (χ1v) is 8.79. The highest BCUT2D eigenvalue weighted by Gasteiger charge is 2.18. The molecule has 27 heavy (non-hydrogen) atoms. The number of amides is 2. The number of rotatable bonds is 8. The van der Waals surface area contributed by atoms with Crippen LogP contribution in [-0.2, 0) is 11.3 Å². The predicted octanol–water partition coefficient (Wildman–Crippen LogP) is 2.37. The van der Waals surface area contributed by atoms with Gasteiger partial charge in [-0.15, -0.1) is 0 Å². The van der Waals surface area contributed by atoms with Gasteiger partial charge in [0.2, 0.25) is 0 Å². The highest BCUT2D eigenvalue weighted by Crippen LogP contribution is 2.17. The summed E-state index contributed by atoms with van der Waals surface area (Å²) in [5, 5.41) is 18.3. The molecule has 1 heterocycles. The van der Waals surface area contributed by atoms with E-state index in [-0.39, 0.29) is 24.8 Å². The Bertz CT molecular complexity index is 840. The summed E-state index contributed by atoms with van der Waals surface area (Å²) in [6.45, 7) is 6.54. The van der Waals surface area contributed by atoms with Crippen molar-refractivity contribution in [2.24, 2.45) is 0 Å². The van der Waals surface area contributed by atoms with Crippen molar-refractivity contribution in [3.63, 3.8) is 0 Å². The minimum atomic E-state index is -0.971. The topological polar surface area (TPSA) is 113 Å². The molecule has 2 amide bonds. The average Bonchev–Trinajstić information content (AvgIpc) is 2.89. The summed E-state index contributed by atoms with van der Waals surface area (Å²) in [5.74, 6) is -1.58. The zero-order valence-electron chi connectivity index (χ0n) is 15.7. The summed E-state index contributed by atoms with van der Waals surface area (Å²) in [6, 6.07) is 6.41. The highest BCUT2D eigenvalue weighted by atomic mass is 16.4. The lowest BCUT2D eigenvalue weighted by Gasteiger charge is -2.08. The van der Waals surface area contributed by atoms with Crippen LogP contribution >= 0.6 is 0 Å². The molecule has 0 unspecified atom stereocenters. The van der Waals surface area contributed by atoms with Gasteiger partial charge in [-0.05, 0) is 44.5 Å². The molecule has 8 heteroatoms. The van der Waals surface area contributed by atoms with Crippen LogP contribution in [0.1, 0.15) is 51.9 Å². The molecular weight excluding hydrogens is 348 g/mol. The van der Waals surface area contributed by atoms with E-state index in [0.717, 1.165) is 18.7 Å². The standard InChI is InChI=1S/C19H24N4O4/c1-4-11-23-13(3)17(12(2)22-23)19(27)21-15-7-5-14(6-8-15)18(26)20-10-9-16(24)25/h5-8H,4,9-11H2,1-3H3,(H,20,26)(H,21,27)(H,24,25). The number of carboxylic acids is 1. The van der Waals surface area contributed by atoms with Crippen LogP contribution in [0.4, 0.5) is 5.69 Å². The normalized spacial score (nSPS) is 10.5. The molecule has 2 rings (SSSR count). The first-order chi connectivity index (χ1) is 12.8. The Morgan fingerprint density at radius 1 is 1.11 bits per heavy atom. The molecule has 0 aliphatic rings. The minimum absolute atomic E-state index is 0.0625. The quantitative estimate of drug-likeness (QED) is 0.658. The fourth-order valence-corrected chi connectivity index (χ4v) is 2.74. The summed E-state index contributed by atoms with van der Waals surface area (Å²) in [5.41, 5.74) is 3.00. The number of carboxylic acid groups (broad SMARTS) is 1. The fraction of sp³-hybridized carbons (Fsp3) is 0.368. The second-order valence-electron chi connectivity index (χ2n) is 6.20. The largest absolute Gasteiger partial charge is 0.481 e. The van der Waals surface area contributed by atoms with Gasteiger partial charge < -0.3 is 15.7 Å². The van der Waals surface area contributed by atoms with Crippen molar-refractivity contribution in [2.75, 3.05) is 11.9 Å². The number of nitrogens with one attached hydrogen (secondary N) is 2. The molecule has 0 saturated heterocycles. The molecule has 1 aromatic carbocycles. The van der Waals surface area contributed by atoms with Crippen molar-refractivity contribution >= 4 is 23.5 Å². The Morgan fingerprint density at radius 3 is 2.37 bits per heavy atom. The van der Waals surface area contributed by atoms with Gasteiger partial charge in [0.05, 0.1) is 17.7 Å². The molecule has 144 valence electrons. The van der Waals surface area contributed by atoms with Gasteiger partial charge in [0.1, 0.15) is 0 Å². The number of benzene rings is 1. The maximum absolute atomic E-state index is 12.6. The van der Waals surface area contributed by atoms with E-state index in [1.807, 2.05) is 11.6 Å². The summed E-state index contributed by atoms with van der Waals surface area (Å²) in [4.78, 5) is 35.0. The molecule has 0 aliphatic heterocycles. The second-order valence-corrected chi connectivity index (χ2v) is 6.20. The monoisotopic (exact) mass is 372 g/mol. The van der Waals surface area contributed by atoms with E-state index in [2.05, 4.69) is 22.7 Å². The smallest absolute Gasteiger partial charge is 0.305 e. The predicted molar refractivity (Wildman–Crippen MR) is 101 cm³/mol. The zero-order chi connectivity index (χ0) is 20.0. The van der Waals surface area contributed by atoms with Crippen molar-refractivity contribution in [3.05, 3.63) is 46.8 Å². The molecular formula is C19H24N4O4. The van der Waals surface area contributed by atoms with Crippen LogP contribution in [0.25, 0.3) is 0 Å². The summed E-state index contributed by atoms with van der Waals surface area (Å²) in [6.07, 6.45) is 0.795. The van der Waals surface area contributed by atoms with Crippen molar-refractivity contribution in [1.29, 1.82) is 0 Å². The Labute approximate surface area is 157 Å². The molecule has 0 saturated carbocycles. The van der Waals surface area contributed by atoms with Crippen LogP contribution in [0.15, 0.2) is 24.3 Å². The third kappa shape index (κ3) is 5.16. The van der Waals surface area contributed by atoms with E-state index in [1.54, 1.807) is 31.2 Å². The van der Waals surface area contributed by atoms with Gasteiger partial charge in [-0.25, -0.2) is 0 Å². The molecule has 0 aliphatic carbocycles. The number of anilines is 1. The average molecular weight is 372 g/mol. The van der Waals surface area contributed by atoms with E-state index < -0.39 is 5.97 Å². The third-order valence-electron chi connectivity index (χ3n) is 4.07. The fourth-order valence-electron chi connectivity index (χ4n) is 2.74. The Morgan fingerprint density at radius 2 is 1.78 bits per heavy atom. The van der Waals surface area contributed by atoms with Gasteiger partial charge >= 0.3 is 5.97 Å². The van der Waals surface area contributed by atoms with Crippen LogP contribution in [0, 0.1) is 13.8 Å². The van der Waals surface area contributed by atoms with E-state index in [1.165, 1.54) is 0 Å². The molecule has 1 aromatic heterocycles. The van der Waals surface area contributed by atoms with Gasteiger partial charge in [-0.1, -0.05) is 6.92 Å². The van der Waals surface area contributed by atoms with E-state index in [0.29, 0.717) is 22.5 Å². The van der Waals surface area contributed by atoms with Gasteiger partial charge in [0, 0.05) is 30.0 Å². The lowest BCUT2D eigenvalue weighted by atomic mass is 10.1. The van der Waals surface area contributed by atoms with E-state index >= 15 is 0 Å². The second kappa shape index (κ2) is 8.98. The van der Waals surface area contributed by atoms with E-state index in [9.17, 15) is 14.4 Å². The number of aryl methyl sites for hydroxylation is 2. The molecule has 0 radical (unpaired) electrons. The summed E-state index contributed by atoms with van der Waals surface area (Å²) < 4.78 is 1.83. The molecule has 0 bridgehead atoms. The summed E-state index contributed by atoms with van der Waals surface area (Å²) in [7, 11) is 0. The van der Waals surface area contributed by atoms with Crippen LogP contribution < -0.4 is 10.6 Å². The van der Waals surface area contributed by atoms with Crippen LogP contribution in [0.5, 0.6) is 0 Å². The number of carbonyl (C=O) groups is 3. The molecule has 8 nitrogen and oxygen atoms in total. The van der Waals surface area contributed by atoms with E-state index in [4.69, 9.17) is 5.11 Å². The lowest BCUT2D eigenvalue weighted by Crippen LogP contribution is -2.25. The number of hydrogen-bond donors (Lipinski definition) is 3. The van der Waals surface area contributed by atoms with Crippen LogP contribution in [-0.4, -0.2) is 39.2 Å². The number of nitrogens with zero attached hydrogens (tertiary/aromatic N) is 2. The molecule has 0 atom stereocenters. The first-order valence-electron chi connectivity index (χ1n) is 8.79. The van der Waals surface area contributed by atoms with Crippen LogP contribution in [0.3, 0.4) is 0 Å². The highest BCUT2D eigenvalue weighted by molar-refractivity contribution is 6.06. The SMILES string of the molecule is CCCn1nc(C)c(C(=O)Nc2ccc(C(=O)NCCC(=O)O)cc2)c1C. The molecule has 0 spiro atoms. The Kier molecular flexibility index (Phi) is 6.70. The van der Waals surface area contributed by atoms with Crippen molar-refractivity contribution < 1.29 is 19.5 Å². The van der Waals surface area contributed by atoms with Gasteiger partial charge in [-0.2, -0.15) is 5.10 Å².